The first kappa shape index (κ1) is 21.9. The summed E-state index contributed by atoms with van der Waals surface area (Å²) in [5.41, 5.74) is 1.85. The van der Waals surface area contributed by atoms with Crippen molar-refractivity contribution in [2.45, 2.75) is 45.1 Å². The first-order chi connectivity index (χ1) is 13.8. The zero-order valence-electron chi connectivity index (χ0n) is 16.9. The molecule has 6 heteroatoms. The Bertz CT molecular complexity index is 863. The third-order valence-corrected chi connectivity index (χ3v) is 6.26. The third kappa shape index (κ3) is 5.88. The van der Waals surface area contributed by atoms with Crippen LogP contribution in [0.5, 0.6) is 5.75 Å². The SMILES string of the molecule is Cc1cc(OCC2(O)CCCN(C(=O)Cc3cccc(Cl)c3)CC2)cc(C)c1Cl. The van der Waals surface area contributed by atoms with Crippen LogP contribution in [0.1, 0.15) is 36.0 Å². The Morgan fingerprint density at radius 1 is 1.14 bits per heavy atom. The Morgan fingerprint density at radius 3 is 2.55 bits per heavy atom. The fraction of sp³-hybridized carbons (Fsp3) is 0.435. The average molecular weight is 436 g/mol. The van der Waals surface area contributed by atoms with Gasteiger partial charge < -0.3 is 14.7 Å². The summed E-state index contributed by atoms with van der Waals surface area (Å²) in [6, 6.07) is 11.1. The molecule has 3 rings (SSSR count). The van der Waals surface area contributed by atoms with Crippen LogP contribution in [0.3, 0.4) is 0 Å². The zero-order chi connectivity index (χ0) is 21.0. The molecule has 4 nitrogen and oxygen atoms in total. The number of carbonyl (C=O) groups is 1. The van der Waals surface area contributed by atoms with Crippen molar-refractivity contribution in [2.24, 2.45) is 0 Å². The van der Waals surface area contributed by atoms with Crippen molar-refractivity contribution < 1.29 is 14.6 Å². The maximum Gasteiger partial charge on any atom is 0.226 e. The van der Waals surface area contributed by atoms with Crippen molar-refractivity contribution in [3.63, 3.8) is 0 Å². The van der Waals surface area contributed by atoms with Gasteiger partial charge in [-0.2, -0.15) is 0 Å². The number of ether oxygens (including phenoxy) is 1. The van der Waals surface area contributed by atoms with Gasteiger partial charge in [0.25, 0.3) is 0 Å². The van der Waals surface area contributed by atoms with E-state index in [0.29, 0.717) is 43.1 Å². The number of aliphatic hydroxyl groups is 1. The van der Waals surface area contributed by atoms with Gasteiger partial charge in [0.1, 0.15) is 18.0 Å². The van der Waals surface area contributed by atoms with Gasteiger partial charge in [0.2, 0.25) is 5.91 Å². The van der Waals surface area contributed by atoms with E-state index in [-0.39, 0.29) is 12.5 Å². The van der Waals surface area contributed by atoms with Gasteiger partial charge >= 0.3 is 0 Å². The highest BCUT2D eigenvalue weighted by Gasteiger charge is 2.32. The minimum Gasteiger partial charge on any atom is -0.491 e. The topological polar surface area (TPSA) is 49.8 Å². The average Bonchev–Trinajstić information content (AvgIpc) is 2.87. The molecule has 0 aliphatic carbocycles. The standard InChI is InChI=1S/C23H27Cl2NO3/c1-16-11-20(12-17(2)22(16)25)29-15-23(28)7-4-9-26(10-8-23)21(27)14-18-5-3-6-19(24)13-18/h3,5-6,11-13,28H,4,7-10,14-15H2,1-2H3. The summed E-state index contributed by atoms with van der Waals surface area (Å²) in [6.45, 7) is 5.22. The number of halogens is 2. The molecule has 1 heterocycles. The molecular formula is C23H27Cl2NO3. The van der Waals surface area contributed by atoms with E-state index in [1.165, 1.54) is 0 Å². The highest BCUT2D eigenvalue weighted by Crippen LogP contribution is 2.28. The molecule has 0 saturated carbocycles. The van der Waals surface area contributed by atoms with Crippen molar-refractivity contribution in [3.05, 3.63) is 63.1 Å². The lowest BCUT2D eigenvalue weighted by Gasteiger charge is -2.27. The van der Waals surface area contributed by atoms with E-state index in [1.807, 2.05) is 49.1 Å². The Kier molecular flexibility index (Phi) is 7.10. The van der Waals surface area contributed by atoms with Gasteiger partial charge in [-0.25, -0.2) is 0 Å². The van der Waals surface area contributed by atoms with Gasteiger partial charge in [0.15, 0.2) is 0 Å². The van der Waals surface area contributed by atoms with Crippen LogP contribution in [0.25, 0.3) is 0 Å². The minimum atomic E-state index is -0.952. The fourth-order valence-electron chi connectivity index (χ4n) is 3.71. The molecule has 1 unspecified atom stereocenters. The minimum absolute atomic E-state index is 0.0568. The molecule has 1 atom stereocenters. The van der Waals surface area contributed by atoms with E-state index in [2.05, 4.69) is 0 Å². The number of aryl methyl sites for hydroxylation is 2. The first-order valence-corrected chi connectivity index (χ1v) is 10.7. The molecule has 1 aliphatic rings. The fourth-order valence-corrected chi connectivity index (χ4v) is 4.04. The van der Waals surface area contributed by atoms with E-state index in [1.54, 1.807) is 6.07 Å². The lowest BCUT2D eigenvalue weighted by molar-refractivity contribution is -0.130. The van der Waals surface area contributed by atoms with Crippen LogP contribution in [0.15, 0.2) is 36.4 Å². The molecular weight excluding hydrogens is 409 g/mol. The van der Waals surface area contributed by atoms with Crippen LogP contribution >= 0.6 is 23.2 Å². The van der Waals surface area contributed by atoms with Gasteiger partial charge in [0.05, 0.1) is 6.42 Å². The number of benzene rings is 2. The Hall–Kier alpha value is -1.75. The number of likely N-dealkylation sites (tertiary alicyclic amines) is 1. The van der Waals surface area contributed by atoms with Crippen LogP contribution in [0.4, 0.5) is 0 Å². The Morgan fingerprint density at radius 2 is 1.86 bits per heavy atom. The van der Waals surface area contributed by atoms with Crippen LogP contribution in [0, 0.1) is 13.8 Å². The van der Waals surface area contributed by atoms with Gasteiger partial charge in [0, 0.05) is 23.1 Å². The first-order valence-electron chi connectivity index (χ1n) is 9.90. The van der Waals surface area contributed by atoms with Crippen LogP contribution in [0.2, 0.25) is 10.0 Å². The molecule has 1 fully saturated rings. The van der Waals surface area contributed by atoms with E-state index < -0.39 is 5.60 Å². The lowest BCUT2D eigenvalue weighted by atomic mass is 9.96. The van der Waals surface area contributed by atoms with Crippen LogP contribution < -0.4 is 4.74 Å². The van der Waals surface area contributed by atoms with Gasteiger partial charge in [-0.15, -0.1) is 0 Å². The molecule has 2 aromatic carbocycles. The lowest BCUT2D eigenvalue weighted by Crippen LogP contribution is -2.38. The maximum atomic E-state index is 12.7. The van der Waals surface area contributed by atoms with E-state index in [0.717, 1.165) is 28.1 Å². The van der Waals surface area contributed by atoms with Gasteiger partial charge in [-0.3, -0.25) is 4.79 Å². The van der Waals surface area contributed by atoms with Gasteiger partial charge in [-0.05, 0) is 74.1 Å². The number of rotatable bonds is 5. The summed E-state index contributed by atoms with van der Waals surface area (Å²) >= 11 is 12.2. The van der Waals surface area contributed by atoms with E-state index in [9.17, 15) is 9.90 Å². The molecule has 156 valence electrons. The number of hydrogen-bond acceptors (Lipinski definition) is 3. The summed E-state index contributed by atoms with van der Waals surface area (Å²) in [6.07, 6.45) is 2.14. The highest BCUT2D eigenvalue weighted by molar-refractivity contribution is 6.32. The summed E-state index contributed by atoms with van der Waals surface area (Å²) in [5.74, 6) is 0.761. The Labute approximate surface area is 182 Å². The number of nitrogens with zero attached hydrogens (tertiary/aromatic N) is 1. The predicted molar refractivity (Wildman–Crippen MR) is 117 cm³/mol. The maximum absolute atomic E-state index is 12.7. The second-order valence-electron chi connectivity index (χ2n) is 7.93. The van der Waals surface area contributed by atoms with Crippen molar-refractivity contribution in [1.82, 2.24) is 4.90 Å². The molecule has 0 spiro atoms. The number of amides is 1. The molecule has 0 bridgehead atoms. The van der Waals surface area contributed by atoms with Gasteiger partial charge in [-0.1, -0.05) is 35.3 Å². The van der Waals surface area contributed by atoms with E-state index in [4.69, 9.17) is 27.9 Å². The third-order valence-electron chi connectivity index (χ3n) is 5.43. The summed E-state index contributed by atoms with van der Waals surface area (Å²) in [4.78, 5) is 14.5. The van der Waals surface area contributed by atoms with Crippen LogP contribution in [-0.2, 0) is 11.2 Å². The summed E-state index contributed by atoms with van der Waals surface area (Å²) in [7, 11) is 0. The van der Waals surface area contributed by atoms with Crippen molar-refractivity contribution in [2.75, 3.05) is 19.7 Å². The number of carbonyl (C=O) groups excluding carboxylic acids is 1. The molecule has 0 aromatic heterocycles. The van der Waals surface area contributed by atoms with Crippen molar-refractivity contribution >= 4 is 29.1 Å². The zero-order valence-corrected chi connectivity index (χ0v) is 18.4. The number of hydrogen-bond donors (Lipinski definition) is 1. The highest BCUT2D eigenvalue weighted by atomic mass is 35.5. The molecule has 1 saturated heterocycles. The summed E-state index contributed by atoms with van der Waals surface area (Å²) < 4.78 is 5.90. The van der Waals surface area contributed by atoms with Crippen LogP contribution in [-0.4, -0.2) is 41.2 Å². The predicted octanol–water partition coefficient (Wildman–Crippen LogP) is 4.98. The largest absolute Gasteiger partial charge is 0.491 e. The molecule has 0 radical (unpaired) electrons. The summed E-state index contributed by atoms with van der Waals surface area (Å²) in [5, 5.41) is 12.4. The molecule has 2 aromatic rings. The van der Waals surface area contributed by atoms with Crippen molar-refractivity contribution in [1.29, 1.82) is 0 Å². The van der Waals surface area contributed by atoms with E-state index >= 15 is 0 Å². The monoisotopic (exact) mass is 435 g/mol. The molecule has 29 heavy (non-hydrogen) atoms. The molecule has 1 aliphatic heterocycles. The second kappa shape index (κ2) is 9.38. The Balaban J connectivity index is 1.57. The van der Waals surface area contributed by atoms with Crippen molar-refractivity contribution in [3.8, 4) is 5.75 Å². The molecule has 1 amide bonds. The quantitative estimate of drug-likeness (QED) is 0.720. The molecule has 1 N–H and O–H groups in total. The second-order valence-corrected chi connectivity index (χ2v) is 8.74. The smallest absolute Gasteiger partial charge is 0.226 e. The normalized spacial score (nSPS) is 19.7.